The molecule has 0 spiro atoms. The Hall–Kier alpha value is -3.95. The summed E-state index contributed by atoms with van der Waals surface area (Å²) in [6.45, 7) is 4.13. The van der Waals surface area contributed by atoms with Crippen molar-refractivity contribution >= 4 is 39.9 Å². The van der Waals surface area contributed by atoms with Crippen molar-refractivity contribution in [3.63, 3.8) is 0 Å². The Morgan fingerprint density at radius 1 is 1.17 bits per heavy atom. The monoisotopic (exact) mass is 646 g/mol. The maximum absolute atomic E-state index is 15.1. The van der Waals surface area contributed by atoms with Crippen LogP contribution in [0.1, 0.15) is 37.4 Å². The number of benzene rings is 2. The summed E-state index contributed by atoms with van der Waals surface area (Å²) < 4.78 is 40.2. The number of nitrogens with zero attached hydrogens (tertiary/aromatic N) is 6. The molecule has 12 heteroatoms. The predicted octanol–water partition coefficient (Wildman–Crippen LogP) is 5.18. The van der Waals surface area contributed by atoms with Gasteiger partial charge in [-0.3, -0.25) is 4.79 Å². The molecule has 1 saturated carbocycles. The molecule has 0 bridgehead atoms. The first-order chi connectivity index (χ1) is 22.4. The zero-order valence-electron chi connectivity index (χ0n) is 25.7. The van der Waals surface area contributed by atoms with Gasteiger partial charge < -0.3 is 24.2 Å². The van der Waals surface area contributed by atoms with Gasteiger partial charge in [-0.25, -0.2) is 8.78 Å². The number of carbonyl (C=O) groups excluding carboxylic acids is 1. The minimum atomic E-state index is -0.724. The van der Waals surface area contributed by atoms with E-state index in [0.29, 0.717) is 57.2 Å². The van der Waals surface area contributed by atoms with Crippen molar-refractivity contribution in [3.8, 4) is 12.1 Å². The van der Waals surface area contributed by atoms with Gasteiger partial charge in [0.2, 0.25) is 5.91 Å². The van der Waals surface area contributed by atoms with Crippen LogP contribution in [0.4, 0.5) is 20.3 Å². The molecule has 0 N–H and O–H groups in total. The molecule has 1 amide bonds. The van der Waals surface area contributed by atoms with Crippen LogP contribution in [0.2, 0.25) is 0 Å². The van der Waals surface area contributed by atoms with Crippen LogP contribution in [0.5, 0.6) is 6.01 Å². The molecule has 1 unspecified atom stereocenters. The number of fused-ring (bicyclic) bond motifs is 2. The van der Waals surface area contributed by atoms with Crippen LogP contribution < -0.4 is 14.5 Å². The van der Waals surface area contributed by atoms with Crippen molar-refractivity contribution < 1.29 is 23.0 Å². The molecule has 240 valence electrons. The Balaban J connectivity index is 1.18. The number of piperazine rings is 1. The number of hydrogen-bond donors (Lipinski definition) is 0. The molecule has 3 aromatic rings. The van der Waals surface area contributed by atoms with Crippen LogP contribution in [-0.2, 0) is 22.5 Å². The van der Waals surface area contributed by atoms with Gasteiger partial charge in [0, 0.05) is 48.9 Å². The highest BCUT2D eigenvalue weighted by Crippen LogP contribution is 2.56. The first kappa shape index (κ1) is 30.7. The van der Waals surface area contributed by atoms with E-state index in [2.05, 4.69) is 22.8 Å². The second-order valence-corrected chi connectivity index (χ2v) is 14.0. The van der Waals surface area contributed by atoms with E-state index < -0.39 is 6.67 Å². The van der Waals surface area contributed by atoms with Crippen molar-refractivity contribution in [1.29, 1.82) is 5.26 Å². The fourth-order valence-corrected chi connectivity index (χ4v) is 7.47. The number of alkyl halides is 1. The summed E-state index contributed by atoms with van der Waals surface area (Å²) in [5.41, 5.74) is 2.61. The van der Waals surface area contributed by atoms with Gasteiger partial charge >= 0.3 is 6.01 Å². The highest BCUT2D eigenvalue weighted by molar-refractivity contribution is 8.08. The second-order valence-electron chi connectivity index (χ2n) is 12.3. The Morgan fingerprint density at radius 3 is 2.78 bits per heavy atom. The lowest BCUT2D eigenvalue weighted by molar-refractivity contribution is -0.128. The van der Waals surface area contributed by atoms with Gasteiger partial charge in [-0.05, 0) is 49.8 Å². The lowest BCUT2D eigenvalue weighted by atomic mass is 10.0. The molecule has 3 aliphatic heterocycles. The van der Waals surface area contributed by atoms with Gasteiger partial charge in [-0.2, -0.15) is 15.2 Å². The number of halogens is 2. The Morgan fingerprint density at radius 2 is 2.00 bits per heavy atom. The van der Waals surface area contributed by atoms with Gasteiger partial charge in [-0.1, -0.05) is 24.3 Å². The van der Waals surface area contributed by atoms with E-state index in [1.165, 1.54) is 18.2 Å². The van der Waals surface area contributed by atoms with E-state index in [1.54, 1.807) is 22.7 Å². The fourth-order valence-electron chi connectivity index (χ4n) is 6.52. The summed E-state index contributed by atoms with van der Waals surface area (Å²) in [5.74, 6) is 0.170. The summed E-state index contributed by atoms with van der Waals surface area (Å²) in [6, 6.07) is 13.0. The van der Waals surface area contributed by atoms with Gasteiger partial charge in [0.15, 0.2) is 0 Å². The molecule has 0 radical (unpaired) electrons. The fraction of sp³-hybridized carbons (Fsp3) is 0.471. The van der Waals surface area contributed by atoms with Gasteiger partial charge in [-0.15, -0.1) is 11.8 Å². The molecule has 3 atom stereocenters. The zero-order chi connectivity index (χ0) is 31.8. The molecule has 2 saturated heterocycles. The van der Waals surface area contributed by atoms with E-state index in [9.17, 15) is 14.4 Å². The van der Waals surface area contributed by atoms with Crippen LogP contribution in [0.15, 0.2) is 48.6 Å². The first-order valence-corrected chi connectivity index (χ1v) is 16.7. The van der Waals surface area contributed by atoms with Gasteiger partial charge in [0.1, 0.15) is 29.8 Å². The average Bonchev–Trinajstić information content (AvgIpc) is 4.00. The summed E-state index contributed by atoms with van der Waals surface area (Å²) in [6.07, 6.45) is 5.75. The Bertz CT molecular complexity index is 1710. The van der Waals surface area contributed by atoms with Gasteiger partial charge in [0.05, 0.1) is 42.1 Å². The van der Waals surface area contributed by atoms with E-state index in [1.807, 2.05) is 24.3 Å². The van der Waals surface area contributed by atoms with Crippen molar-refractivity contribution in [2.45, 2.75) is 61.5 Å². The molecule has 46 heavy (non-hydrogen) atoms. The number of nitriles is 1. The number of carbonyl (C=O) groups is 1. The van der Waals surface area contributed by atoms with Crippen molar-refractivity contribution in [2.75, 3.05) is 49.3 Å². The number of hydrogen-bond acceptors (Lipinski definition) is 9. The highest BCUT2D eigenvalue weighted by atomic mass is 32.2. The largest absolute Gasteiger partial charge is 0.462 e. The highest BCUT2D eigenvalue weighted by Gasteiger charge is 2.56. The number of allylic oxidation sites excluding steroid dienone is 1. The molecule has 1 aliphatic carbocycles. The number of ether oxygens (including phenoxy) is 2. The topological polar surface area (TPSA) is 94.8 Å². The molecular weight excluding hydrogens is 610 g/mol. The van der Waals surface area contributed by atoms with Crippen LogP contribution in [0, 0.1) is 17.1 Å². The molecule has 7 rings (SSSR count). The second kappa shape index (κ2) is 12.7. The van der Waals surface area contributed by atoms with Crippen molar-refractivity contribution in [3.05, 3.63) is 65.6 Å². The summed E-state index contributed by atoms with van der Waals surface area (Å²) in [7, 11) is 0. The van der Waals surface area contributed by atoms with Gasteiger partial charge in [0.25, 0.3) is 0 Å². The average molecular weight is 647 g/mol. The molecule has 4 aliphatic rings. The molecule has 1 aromatic heterocycles. The SMILES string of the molecule is C[C@]1(OC2CC2)SC1COc1nc2c(c(N3CCN(C(=O)/C=C/CF)[C@@H](CC#N)C3)n1)CCN(c1cccc3cccc(F)c13)C2. The zero-order valence-corrected chi connectivity index (χ0v) is 26.5. The predicted molar refractivity (Wildman–Crippen MR) is 173 cm³/mol. The smallest absolute Gasteiger partial charge is 0.318 e. The lowest BCUT2D eigenvalue weighted by Gasteiger charge is -2.42. The maximum atomic E-state index is 15.1. The van der Waals surface area contributed by atoms with E-state index in [4.69, 9.17) is 19.4 Å². The van der Waals surface area contributed by atoms with E-state index in [0.717, 1.165) is 41.0 Å². The van der Waals surface area contributed by atoms with Crippen molar-refractivity contribution in [1.82, 2.24) is 14.9 Å². The molecule has 4 heterocycles. The molecule has 3 fully saturated rings. The van der Waals surface area contributed by atoms with Crippen LogP contribution >= 0.6 is 11.8 Å². The minimum absolute atomic E-state index is 0.140. The third-order valence-electron chi connectivity index (χ3n) is 9.13. The Kier molecular flexibility index (Phi) is 8.46. The number of anilines is 2. The van der Waals surface area contributed by atoms with Crippen molar-refractivity contribution in [2.24, 2.45) is 0 Å². The number of amides is 1. The molecular formula is C34H36F2N6O3S. The van der Waals surface area contributed by atoms with Crippen LogP contribution in [0.3, 0.4) is 0 Å². The molecule has 2 aromatic carbocycles. The lowest BCUT2D eigenvalue weighted by Crippen LogP contribution is -2.55. The van der Waals surface area contributed by atoms with E-state index in [-0.39, 0.29) is 40.4 Å². The first-order valence-electron chi connectivity index (χ1n) is 15.8. The van der Waals surface area contributed by atoms with Crippen LogP contribution in [0.25, 0.3) is 10.8 Å². The number of aromatic nitrogens is 2. The van der Waals surface area contributed by atoms with E-state index >= 15 is 4.39 Å². The third-order valence-corrected chi connectivity index (χ3v) is 10.6. The quantitative estimate of drug-likeness (QED) is 0.218. The minimum Gasteiger partial charge on any atom is -0.462 e. The third kappa shape index (κ3) is 6.22. The summed E-state index contributed by atoms with van der Waals surface area (Å²) in [5, 5.41) is 11.2. The van der Waals surface area contributed by atoms with Crippen LogP contribution in [-0.4, -0.2) is 82.6 Å². The summed E-state index contributed by atoms with van der Waals surface area (Å²) in [4.78, 5) is 28.3. The summed E-state index contributed by atoms with van der Waals surface area (Å²) >= 11 is 1.75. The maximum Gasteiger partial charge on any atom is 0.318 e. The molecule has 9 nitrogen and oxygen atoms in total. The normalized spacial score (nSPS) is 24.3. The number of rotatable bonds is 10. The Labute approximate surface area is 271 Å². The standard InChI is InChI=1S/C34H36F2N6O3S/c1-34(45-24-10-11-24)29(46-34)21-44-33-38-27-20-40(28-8-3-6-22-5-2-7-26(36)31(22)28)16-13-25(27)32(39-33)41-17-18-42(23(19-41)12-15-37)30(43)9-4-14-35/h2-9,23-24,29H,10-14,16-21H2,1H3/b9-4+/t23-,29?,34-/m0/s1. The number of thioether (sulfide) groups is 1.